The van der Waals surface area contributed by atoms with Crippen molar-refractivity contribution in [1.82, 2.24) is 9.88 Å². The minimum Gasteiger partial charge on any atom is -0.454 e. The highest BCUT2D eigenvalue weighted by Gasteiger charge is 2.26. The number of benzene rings is 10. The molecule has 0 aliphatic carbocycles. The van der Waals surface area contributed by atoms with Gasteiger partial charge in [-0.2, -0.15) is 0 Å². The molecule has 10 aromatic carbocycles. The third kappa shape index (κ3) is 5.78. The van der Waals surface area contributed by atoms with Gasteiger partial charge in [-0.15, -0.1) is 11.3 Å². The van der Waals surface area contributed by atoms with E-state index < -0.39 is 6.17 Å². The summed E-state index contributed by atoms with van der Waals surface area (Å²) >= 11 is 1.82. The molecule has 1 atom stereocenters. The van der Waals surface area contributed by atoms with Crippen LogP contribution in [0, 0.1) is 0 Å². The first-order valence-corrected chi connectivity index (χ1v) is 22.8. The average molecular weight is 849 g/mol. The second-order valence-corrected chi connectivity index (χ2v) is 18.1. The number of fused-ring (bicyclic) bond motifs is 11. The van der Waals surface area contributed by atoms with Crippen LogP contribution in [0.25, 0.3) is 102 Å². The summed E-state index contributed by atoms with van der Waals surface area (Å²) in [7, 11) is 0. The zero-order valence-corrected chi connectivity index (χ0v) is 35.7. The Labute approximate surface area is 376 Å². The van der Waals surface area contributed by atoms with E-state index in [2.05, 4.69) is 210 Å². The van der Waals surface area contributed by atoms with Crippen LogP contribution in [0.5, 0.6) is 0 Å². The highest BCUT2D eigenvalue weighted by molar-refractivity contribution is 7.25. The fraction of sp³-hybridized carbons (Fsp3) is 0.0169. The predicted molar refractivity (Wildman–Crippen MR) is 273 cm³/mol. The molecule has 14 rings (SSSR count). The molecule has 0 saturated carbocycles. The van der Waals surface area contributed by atoms with Crippen molar-refractivity contribution in [2.45, 2.75) is 6.17 Å². The topological polar surface area (TPSA) is 54.8 Å². The molecule has 304 valence electrons. The molecule has 4 heterocycles. The summed E-state index contributed by atoms with van der Waals surface area (Å²) in [5.41, 5.74) is 10.1. The Morgan fingerprint density at radius 2 is 1.05 bits per heavy atom. The standard InChI is InChI=1S/C59H36N4OS/c1-2-12-35(13-3-1)36-22-24-37(25-23-36)57-60-58(42-26-27-46-45-19-9-11-21-54(45)65-55(46)34-42)62-59(61-57)43-30-49-44-18-8-10-20-53(44)64-56(49)52(33-43)63-50-31-40-16-6-4-14-38(40)28-47(50)48-29-39-15-5-7-17-41(39)32-51(48)63/h1-34,58H,(H,60,61,62). The Bertz CT molecular complexity index is 4060. The van der Waals surface area contributed by atoms with Crippen LogP contribution in [0.4, 0.5) is 0 Å². The average Bonchev–Trinajstić information content (AvgIpc) is 4.03. The molecule has 0 spiro atoms. The molecule has 1 aliphatic rings. The smallest absolute Gasteiger partial charge is 0.159 e. The SMILES string of the molecule is c1ccc(-c2ccc(C3=NC(c4cc(-n5c6cc7ccccc7cc6c6cc7ccccc7cc65)c5oc6ccccc6c5c4)=NC(c4ccc5c(c4)sc4ccccc45)N3)cc2)cc1. The summed E-state index contributed by atoms with van der Waals surface area (Å²) in [6.07, 6.45) is -0.396. The van der Waals surface area contributed by atoms with E-state index in [0.29, 0.717) is 5.84 Å². The summed E-state index contributed by atoms with van der Waals surface area (Å²) in [6.45, 7) is 0. The number of rotatable bonds is 5. The molecule has 5 nitrogen and oxygen atoms in total. The molecule has 0 saturated heterocycles. The number of thiophene rings is 1. The monoisotopic (exact) mass is 848 g/mol. The molecule has 0 bridgehead atoms. The molecule has 0 amide bonds. The first-order chi connectivity index (χ1) is 32.2. The molecule has 13 aromatic rings. The molecule has 0 radical (unpaired) electrons. The maximum Gasteiger partial charge on any atom is 0.159 e. The minimum atomic E-state index is -0.396. The highest BCUT2D eigenvalue weighted by Crippen LogP contribution is 2.42. The van der Waals surface area contributed by atoms with Crippen molar-refractivity contribution in [3.63, 3.8) is 0 Å². The number of aromatic nitrogens is 1. The summed E-state index contributed by atoms with van der Waals surface area (Å²) in [5, 5.41) is 15.5. The van der Waals surface area contributed by atoms with E-state index in [1.54, 1.807) is 0 Å². The molecular formula is C59H36N4OS. The van der Waals surface area contributed by atoms with Gasteiger partial charge >= 0.3 is 0 Å². The molecule has 1 unspecified atom stereocenters. The van der Waals surface area contributed by atoms with E-state index in [1.165, 1.54) is 58.1 Å². The third-order valence-electron chi connectivity index (χ3n) is 13.2. The number of amidine groups is 2. The van der Waals surface area contributed by atoms with Gasteiger partial charge in [0.05, 0.1) is 16.7 Å². The van der Waals surface area contributed by atoms with Gasteiger partial charge in [-0.3, -0.25) is 0 Å². The van der Waals surface area contributed by atoms with E-state index >= 15 is 0 Å². The maximum absolute atomic E-state index is 6.91. The molecule has 3 aromatic heterocycles. The van der Waals surface area contributed by atoms with Gasteiger partial charge in [-0.05, 0) is 92.8 Å². The molecule has 1 aliphatic heterocycles. The zero-order chi connectivity index (χ0) is 42.6. The Balaban J connectivity index is 1.02. The van der Waals surface area contributed by atoms with Crippen LogP contribution in [0.1, 0.15) is 22.9 Å². The Morgan fingerprint density at radius 3 is 1.78 bits per heavy atom. The van der Waals surface area contributed by atoms with Gasteiger partial charge in [0.15, 0.2) is 11.4 Å². The zero-order valence-electron chi connectivity index (χ0n) is 34.9. The minimum absolute atomic E-state index is 0.396. The lowest BCUT2D eigenvalue weighted by Crippen LogP contribution is -2.33. The van der Waals surface area contributed by atoms with Crippen molar-refractivity contribution in [3.8, 4) is 16.8 Å². The van der Waals surface area contributed by atoms with Crippen LogP contribution in [-0.2, 0) is 0 Å². The van der Waals surface area contributed by atoms with Crippen molar-refractivity contribution in [2.75, 3.05) is 0 Å². The van der Waals surface area contributed by atoms with Gasteiger partial charge in [0.25, 0.3) is 0 Å². The van der Waals surface area contributed by atoms with Gasteiger partial charge in [0.1, 0.15) is 17.6 Å². The van der Waals surface area contributed by atoms with E-state index in [1.807, 2.05) is 17.4 Å². The lowest BCUT2D eigenvalue weighted by Gasteiger charge is -2.24. The van der Waals surface area contributed by atoms with Gasteiger partial charge in [-0.25, -0.2) is 9.98 Å². The Kier molecular flexibility index (Phi) is 7.85. The van der Waals surface area contributed by atoms with E-state index in [0.717, 1.165) is 66.7 Å². The number of para-hydroxylation sites is 1. The Morgan fingerprint density at radius 1 is 0.446 bits per heavy atom. The van der Waals surface area contributed by atoms with Crippen LogP contribution < -0.4 is 5.32 Å². The van der Waals surface area contributed by atoms with Crippen molar-refractivity contribution in [1.29, 1.82) is 0 Å². The van der Waals surface area contributed by atoms with Gasteiger partial charge in [0, 0.05) is 52.8 Å². The lowest BCUT2D eigenvalue weighted by atomic mass is 10.0. The van der Waals surface area contributed by atoms with Crippen molar-refractivity contribution >= 4 is 108 Å². The molecule has 65 heavy (non-hydrogen) atoms. The second kappa shape index (κ2) is 14.1. The maximum atomic E-state index is 6.91. The predicted octanol–water partition coefficient (Wildman–Crippen LogP) is 15.5. The van der Waals surface area contributed by atoms with Crippen LogP contribution in [-0.4, -0.2) is 16.2 Å². The van der Waals surface area contributed by atoms with Gasteiger partial charge in [0.2, 0.25) is 0 Å². The van der Waals surface area contributed by atoms with E-state index in [9.17, 15) is 0 Å². The van der Waals surface area contributed by atoms with Crippen LogP contribution >= 0.6 is 11.3 Å². The lowest BCUT2D eigenvalue weighted by molar-refractivity contribution is 0.666. The molecule has 1 N–H and O–H groups in total. The molecule has 6 heteroatoms. The van der Waals surface area contributed by atoms with Crippen molar-refractivity contribution in [2.24, 2.45) is 9.98 Å². The van der Waals surface area contributed by atoms with Crippen LogP contribution in [0.15, 0.2) is 221 Å². The van der Waals surface area contributed by atoms with Crippen LogP contribution in [0.3, 0.4) is 0 Å². The molecule has 0 fully saturated rings. The number of nitrogens with zero attached hydrogens (tertiary/aromatic N) is 3. The van der Waals surface area contributed by atoms with Crippen molar-refractivity contribution < 1.29 is 4.42 Å². The Hall–Kier alpha value is -8.32. The fourth-order valence-electron chi connectivity index (χ4n) is 10.0. The van der Waals surface area contributed by atoms with Crippen molar-refractivity contribution in [3.05, 3.63) is 223 Å². The molecular weight excluding hydrogens is 813 g/mol. The van der Waals surface area contributed by atoms with Gasteiger partial charge < -0.3 is 14.3 Å². The van der Waals surface area contributed by atoms with E-state index in [-0.39, 0.29) is 0 Å². The number of hydrogen-bond donors (Lipinski definition) is 1. The normalized spacial score (nSPS) is 14.3. The highest BCUT2D eigenvalue weighted by atomic mass is 32.1. The summed E-state index contributed by atoms with van der Waals surface area (Å²) in [5.74, 6) is 1.42. The summed E-state index contributed by atoms with van der Waals surface area (Å²) in [4.78, 5) is 10.9. The number of furan rings is 1. The van der Waals surface area contributed by atoms with Gasteiger partial charge in [-0.1, -0.05) is 152 Å². The number of hydrogen-bond acceptors (Lipinski definition) is 5. The third-order valence-corrected chi connectivity index (χ3v) is 14.3. The second-order valence-electron chi connectivity index (χ2n) is 17.0. The number of aliphatic imine (C=N–C) groups is 2. The quantitative estimate of drug-likeness (QED) is 0.188. The fourth-order valence-corrected chi connectivity index (χ4v) is 11.2. The summed E-state index contributed by atoms with van der Waals surface area (Å²) < 4.78 is 11.8. The largest absolute Gasteiger partial charge is 0.454 e. The first-order valence-electron chi connectivity index (χ1n) is 22.0. The first kappa shape index (κ1) is 36.2. The number of nitrogens with one attached hydrogen (secondary N) is 1. The summed E-state index contributed by atoms with van der Waals surface area (Å²) in [6, 6.07) is 74.0. The van der Waals surface area contributed by atoms with E-state index in [4.69, 9.17) is 14.4 Å². The van der Waals surface area contributed by atoms with Crippen LogP contribution in [0.2, 0.25) is 0 Å².